The molecule has 0 aliphatic heterocycles. The fourth-order valence-corrected chi connectivity index (χ4v) is 1.85. The van der Waals surface area contributed by atoms with Gasteiger partial charge in [-0.1, -0.05) is 17.7 Å². The molecule has 0 spiro atoms. The lowest BCUT2D eigenvalue weighted by molar-refractivity contribution is 0.624. The molecule has 0 fully saturated rings. The molecular weight excluding hydrogens is 287 g/mol. The number of nitrogens with one attached hydrogen (secondary N) is 2. The summed E-state index contributed by atoms with van der Waals surface area (Å²) in [6.45, 7) is 0.465. The molecular formula is C12H12ClFN4S. The quantitative estimate of drug-likeness (QED) is 0.855. The molecule has 0 aliphatic rings. The van der Waals surface area contributed by atoms with Gasteiger partial charge in [0.05, 0.1) is 6.54 Å². The zero-order chi connectivity index (χ0) is 13.8. The number of hydrogen-bond acceptors (Lipinski definition) is 2. The molecule has 1 aromatic carbocycles. The maximum absolute atomic E-state index is 12.9. The number of hydrogen-bond donors (Lipinski definition) is 2. The van der Waals surface area contributed by atoms with Gasteiger partial charge < -0.3 is 10.6 Å². The Morgan fingerprint density at radius 1 is 1.47 bits per heavy atom. The fourth-order valence-electron chi connectivity index (χ4n) is 1.52. The second kappa shape index (κ2) is 5.99. The average Bonchev–Trinajstić information content (AvgIpc) is 2.80. The van der Waals surface area contributed by atoms with E-state index in [1.54, 1.807) is 30.1 Å². The molecule has 7 heteroatoms. The van der Waals surface area contributed by atoms with E-state index in [1.165, 1.54) is 12.1 Å². The van der Waals surface area contributed by atoms with Crippen LogP contribution >= 0.6 is 23.8 Å². The van der Waals surface area contributed by atoms with E-state index in [-0.39, 0.29) is 5.82 Å². The highest BCUT2D eigenvalue weighted by Crippen LogP contribution is 2.18. The van der Waals surface area contributed by atoms with Gasteiger partial charge in [0.1, 0.15) is 5.82 Å². The summed E-state index contributed by atoms with van der Waals surface area (Å²) < 4.78 is 14.6. The van der Waals surface area contributed by atoms with E-state index < -0.39 is 0 Å². The Hall–Kier alpha value is -1.66. The van der Waals surface area contributed by atoms with Crippen molar-refractivity contribution in [2.75, 3.05) is 12.4 Å². The summed E-state index contributed by atoms with van der Waals surface area (Å²) in [6.07, 6.45) is 1.79. The number of anilines is 1. The molecule has 2 aromatic rings. The lowest BCUT2D eigenvalue weighted by atomic mass is 10.2. The monoisotopic (exact) mass is 298 g/mol. The summed E-state index contributed by atoms with van der Waals surface area (Å²) in [4.78, 5) is 0. The third-order valence-corrected chi connectivity index (χ3v) is 3.11. The largest absolute Gasteiger partial charge is 0.365 e. The molecule has 2 N–H and O–H groups in total. The van der Waals surface area contributed by atoms with Gasteiger partial charge in [-0.05, 0) is 29.9 Å². The van der Waals surface area contributed by atoms with E-state index in [9.17, 15) is 4.39 Å². The van der Waals surface area contributed by atoms with Gasteiger partial charge in [-0.2, -0.15) is 5.10 Å². The van der Waals surface area contributed by atoms with Crippen molar-refractivity contribution in [3.05, 3.63) is 46.9 Å². The molecule has 0 aliphatic carbocycles. The van der Waals surface area contributed by atoms with Crippen molar-refractivity contribution in [1.29, 1.82) is 0 Å². The van der Waals surface area contributed by atoms with Gasteiger partial charge in [0, 0.05) is 24.3 Å². The highest BCUT2D eigenvalue weighted by Gasteiger charge is 2.05. The van der Waals surface area contributed by atoms with E-state index in [1.807, 2.05) is 0 Å². The maximum atomic E-state index is 12.9. The van der Waals surface area contributed by atoms with Crippen LogP contribution in [0.3, 0.4) is 0 Å². The molecule has 1 aromatic heterocycles. The molecule has 2 rings (SSSR count). The Balaban J connectivity index is 2.09. The minimum Gasteiger partial charge on any atom is -0.365 e. The van der Waals surface area contributed by atoms with Crippen molar-refractivity contribution in [3.63, 3.8) is 0 Å². The number of nitrogens with zero attached hydrogens (tertiary/aromatic N) is 2. The summed E-state index contributed by atoms with van der Waals surface area (Å²) in [7, 11) is 1.73. The Bertz CT molecular complexity index is 599. The smallest absolute Gasteiger partial charge is 0.171 e. The summed E-state index contributed by atoms with van der Waals surface area (Å²) in [5.41, 5.74) is 0.800. The number of aromatic nitrogens is 2. The lowest BCUT2D eigenvalue weighted by Gasteiger charge is -2.05. The first-order valence-corrected chi connectivity index (χ1v) is 6.33. The van der Waals surface area contributed by atoms with E-state index in [0.29, 0.717) is 22.5 Å². The first-order chi connectivity index (χ1) is 9.08. The zero-order valence-electron chi connectivity index (χ0n) is 10.2. The summed E-state index contributed by atoms with van der Waals surface area (Å²) in [5.74, 6) is 0.286. The number of benzene rings is 1. The third kappa shape index (κ3) is 3.65. The molecule has 0 unspecified atom stereocenters. The topological polar surface area (TPSA) is 41.9 Å². The highest BCUT2D eigenvalue weighted by atomic mass is 35.5. The molecule has 4 nitrogen and oxygen atoms in total. The molecule has 0 amide bonds. The molecule has 19 heavy (non-hydrogen) atoms. The van der Waals surface area contributed by atoms with Crippen LogP contribution in [0.15, 0.2) is 30.5 Å². The first-order valence-electron chi connectivity index (χ1n) is 5.54. The molecule has 0 radical (unpaired) electrons. The number of halogens is 2. The van der Waals surface area contributed by atoms with Crippen LogP contribution in [0.1, 0.15) is 5.56 Å². The Morgan fingerprint density at radius 2 is 2.26 bits per heavy atom. The van der Waals surface area contributed by atoms with E-state index >= 15 is 0 Å². The Morgan fingerprint density at radius 3 is 2.95 bits per heavy atom. The second-order valence-electron chi connectivity index (χ2n) is 3.84. The van der Waals surface area contributed by atoms with Crippen LogP contribution in [0.2, 0.25) is 5.02 Å². The van der Waals surface area contributed by atoms with Crippen molar-refractivity contribution in [2.45, 2.75) is 6.54 Å². The third-order valence-electron chi connectivity index (χ3n) is 2.46. The van der Waals surface area contributed by atoms with Crippen molar-refractivity contribution in [1.82, 2.24) is 15.1 Å². The predicted octanol–water partition coefficient (Wildman–Crippen LogP) is 2.64. The standard InChI is InChI=1S/C12H12ClFN4S/c1-15-12(19)16-11-4-5-18(17-11)7-8-2-3-9(14)6-10(8)13/h2-6H,7H2,1H3,(H2,15,16,17,19). The first kappa shape index (κ1) is 13.8. The van der Waals surface area contributed by atoms with Gasteiger partial charge in [0.25, 0.3) is 0 Å². The van der Waals surface area contributed by atoms with Crippen LogP contribution in [0.4, 0.5) is 10.2 Å². The average molecular weight is 299 g/mol. The number of rotatable bonds is 3. The summed E-state index contributed by atoms with van der Waals surface area (Å²) in [5, 5.41) is 10.9. The normalized spacial score (nSPS) is 10.3. The van der Waals surface area contributed by atoms with Crippen LogP contribution in [-0.4, -0.2) is 21.9 Å². The SMILES string of the molecule is CNC(=S)Nc1ccn(Cc2ccc(F)cc2Cl)n1. The van der Waals surface area contributed by atoms with Crippen LogP contribution in [0, 0.1) is 5.82 Å². The minimum atomic E-state index is -0.351. The Kier molecular flexibility index (Phi) is 4.34. The molecule has 1 heterocycles. The molecule has 0 bridgehead atoms. The van der Waals surface area contributed by atoms with Crippen LogP contribution in [0.5, 0.6) is 0 Å². The van der Waals surface area contributed by atoms with Crippen molar-refractivity contribution < 1.29 is 4.39 Å². The van der Waals surface area contributed by atoms with Crippen LogP contribution in [-0.2, 0) is 6.54 Å². The predicted molar refractivity (Wildman–Crippen MR) is 78.0 cm³/mol. The van der Waals surface area contributed by atoms with Gasteiger partial charge in [0.2, 0.25) is 0 Å². The molecule has 0 saturated carbocycles. The van der Waals surface area contributed by atoms with E-state index in [2.05, 4.69) is 15.7 Å². The van der Waals surface area contributed by atoms with E-state index in [0.717, 1.165) is 5.56 Å². The van der Waals surface area contributed by atoms with E-state index in [4.69, 9.17) is 23.8 Å². The highest BCUT2D eigenvalue weighted by molar-refractivity contribution is 7.80. The van der Waals surface area contributed by atoms with Gasteiger partial charge in [0.15, 0.2) is 10.9 Å². The van der Waals surface area contributed by atoms with Crippen molar-refractivity contribution >= 4 is 34.7 Å². The number of thiocarbonyl (C=S) groups is 1. The zero-order valence-corrected chi connectivity index (χ0v) is 11.7. The molecule has 100 valence electrons. The Labute approximate surface area is 120 Å². The van der Waals surface area contributed by atoms with Gasteiger partial charge in [-0.15, -0.1) is 0 Å². The molecule has 0 atom stereocenters. The molecule has 0 saturated heterocycles. The van der Waals surface area contributed by atoms with Crippen molar-refractivity contribution in [3.8, 4) is 0 Å². The van der Waals surface area contributed by atoms with Gasteiger partial charge in [-0.25, -0.2) is 4.39 Å². The van der Waals surface area contributed by atoms with Gasteiger partial charge >= 0.3 is 0 Å². The minimum absolute atomic E-state index is 0.351. The summed E-state index contributed by atoms with van der Waals surface area (Å²) in [6, 6.07) is 6.10. The lowest BCUT2D eigenvalue weighted by Crippen LogP contribution is -2.24. The van der Waals surface area contributed by atoms with Crippen molar-refractivity contribution in [2.24, 2.45) is 0 Å². The maximum Gasteiger partial charge on any atom is 0.171 e. The van der Waals surface area contributed by atoms with Crippen LogP contribution in [0.25, 0.3) is 0 Å². The van der Waals surface area contributed by atoms with Gasteiger partial charge in [-0.3, -0.25) is 4.68 Å². The van der Waals surface area contributed by atoms with Crippen LogP contribution < -0.4 is 10.6 Å². The summed E-state index contributed by atoms with van der Waals surface area (Å²) >= 11 is 10.9. The second-order valence-corrected chi connectivity index (χ2v) is 4.65. The fraction of sp³-hybridized carbons (Fsp3) is 0.167.